The van der Waals surface area contributed by atoms with Crippen LogP contribution in [0.5, 0.6) is 5.75 Å². The van der Waals surface area contributed by atoms with Crippen molar-refractivity contribution in [2.24, 2.45) is 0 Å². The van der Waals surface area contributed by atoms with E-state index in [1.807, 2.05) is 19.1 Å². The smallest absolute Gasteiger partial charge is 0.126 e. The van der Waals surface area contributed by atoms with Gasteiger partial charge in [0.05, 0.1) is 6.10 Å². The molecule has 3 aromatic carbocycles. The minimum atomic E-state index is -0.481. The Morgan fingerprint density at radius 1 is 0.944 bits per heavy atom. The lowest BCUT2D eigenvalue weighted by Gasteiger charge is -2.38. The van der Waals surface area contributed by atoms with Gasteiger partial charge in [-0.2, -0.15) is 0 Å². The number of aryl methyl sites for hydroxylation is 1. The Hall–Kier alpha value is -2.15. The molecule has 0 saturated carbocycles. The second-order valence-electron chi connectivity index (χ2n) is 11.1. The second-order valence-corrected chi connectivity index (χ2v) is 12.9. The van der Waals surface area contributed by atoms with Gasteiger partial charge in [-0.15, -0.1) is 0 Å². The maximum Gasteiger partial charge on any atom is 0.126 e. The first-order chi connectivity index (χ1) is 17.1. The largest absolute Gasteiger partial charge is 0.488 e. The lowest BCUT2D eigenvalue weighted by atomic mass is 9.80. The van der Waals surface area contributed by atoms with Crippen molar-refractivity contribution in [3.63, 3.8) is 0 Å². The average Bonchev–Trinajstić information content (AvgIpc) is 2.85. The molecule has 194 valence electrons. The Bertz CT molecular complexity index is 1110. The van der Waals surface area contributed by atoms with Crippen LogP contribution in [0, 0.1) is 6.92 Å². The van der Waals surface area contributed by atoms with Gasteiger partial charge in [-0.05, 0) is 59.7 Å². The maximum absolute atomic E-state index is 10.6. The van der Waals surface area contributed by atoms with Crippen LogP contribution in [0.15, 0.2) is 66.7 Å². The van der Waals surface area contributed by atoms with Crippen molar-refractivity contribution in [3.05, 3.63) is 94.5 Å². The number of rotatable bonds is 11. The van der Waals surface area contributed by atoms with Gasteiger partial charge in [-0.3, -0.25) is 0 Å². The molecule has 0 amide bonds. The normalized spacial score (nSPS) is 14.7. The number of ether oxygens (including phenoxy) is 1. The lowest BCUT2D eigenvalue weighted by Crippen LogP contribution is -2.26. The summed E-state index contributed by atoms with van der Waals surface area (Å²) in [6.07, 6.45) is 3.96. The van der Waals surface area contributed by atoms with Crippen molar-refractivity contribution < 1.29 is 9.84 Å². The molecule has 0 heterocycles. The third-order valence-electron chi connectivity index (χ3n) is 7.23. The number of hydrogen-bond donors (Lipinski definition) is 1. The molecule has 0 fully saturated rings. The van der Waals surface area contributed by atoms with Gasteiger partial charge in [0, 0.05) is 10.7 Å². The topological polar surface area (TPSA) is 29.5 Å². The highest BCUT2D eigenvalue weighted by atomic mass is 31.1. The van der Waals surface area contributed by atoms with Gasteiger partial charge in [0.2, 0.25) is 0 Å². The molecule has 3 atom stereocenters. The molecule has 1 N–H and O–H groups in total. The summed E-state index contributed by atoms with van der Waals surface area (Å²) in [5, 5.41) is 11.8. The fourth-order valence-corrected chi connectivity index (χ4v) is 6.85. The highest BCUT2D eigenvalue weighted by molar-refractivity contribution is 7.48. The fraction of sp³-hybridized carbons (Fsp3) is 0.455. The molecule has 0 bridgehead atoms. The van der Waals surface area contributed by atoms with Crippen LogP contribution in [0.4, 0.5) is 0 Å². The molecule has 36 heavy (non-hydrogen) atoms. The predicted octanol–water partition coefficient (Wildman–Crippen LogP) is 8.72. The van der Waals surface area contributed by atoms with Gasteiger partial charge >= 0.3 is 0 Å². The van der Waals surface area contributed by atoms with Crippen LogP contribution in [-0.2, 0) is 17.2 Å². The van der Waals surface area contributed by atoms with E-state index in [-0.39, 0.29) is 10.6 Å². The van der Waals surface area contributed by atoms with Crippen LogP contribution in [0.2, 0.25) is 0 Å². The number of unbranched alkanes of at least 4 members (excludes halogenated alkanes) is 1. The molecule has 2 nitrogen and oxygen atoms in total. The summed E-state index contributed by atoms with van der Waals surface area (Å²) in [7, 11) is 0.548. The average molecular weight is 505 g/mol. The summed E-state index contributed by atoms with van der Waals surface area (Å²) < 4.78 is 6.68. The van der Waals surface area contributed by atoms with Gasteiger partial charge in [0.15, 0.2) is 0 Å². The molecule has 3 heteroatoms. The molecule has 0 spiro atoms. The van der Waals surface area contributed by atoms with E-state index < -0.39 is 6.10 Å². The summed E-state index contributed by atoms with van der Waals surface area (Å²) in [5.74, 6) is 1.03. The summed E-state index contributed by atoms with van der Waals surface area (Å²) in [4.78, 5) is 0. The van der Waals surface area contributed by atoms with E-state index in [4.69, 9.17) is 4.74 Å². The molecule has 3 aromatic rings. The summed E-state index contributed by atoms with van der Waals surface area (Å²) >= 11 is 0. The maximum atomic E-state index is 10.6. The Morgan fingerprint density at radius 3 is 2.22 bits per heavy atom. The third kappa shape index (κ3) is 6.78. The standard InChI is InChI=1S/C33H45O2P/c1-8-10-20-33(9-2,36-30-19-15-14-18-28(30)25(4)34)29-22-27(32(5,6)7)21-24(3)31(29)35-23-26-16-12-11-13-17-26/h11-19,21-22,25,34,36H,8-10,20,23H2,1-7H3. The van der Waals surface area contributed by atoms with E-state index in [1.54, 1.807) is 0 Å². The van der Waals surface area contributed by atoms with Gasteiger partial charge < -0.3 is 9.84 Å². The first-order valence-electron chi connectivity index (χ1n) is 13.5. The van der Waals surface area contributed by atoms with Crippen LogP contribution in [0.1, 0.15) is 101 Å². The van der Waals surface area contributed by atoms with Crippen molar-refractivity contribution >= 4 is 13.9 Å². The number of hydrogen-bond acceptors (Lipinski definition) is 2. The van der Waals surface area contributed by atoms with E-state index in [2.05, 4.69) is 96.1 Å². The second kappa shape index (κ2) is 12.4. The predicted molar refractivity (Wildman–Crippen MR) is 157 cm³/mol. The Kier molecular flexibility index (Phi) is 9.79. The number of aliphatic hydroxyl groups is 1. The summed E-state index contributed by atoms with van der Waals surface area (Å²) in [6, 6.07) is 23.6. The van der Waals surface area contributed by atoms with Crippen molar-refractivity contribution in [3.8, 4) is 5.75 Å². The highest BCUT2D eigenvalue weighted by Crippen LogP contribution is 2.53. The first kappa shape index (κ1) is 28.4. The van der Waals surface area contributed by atoms with Crippen molar-refractivity contribution in [2.45, 2.75) is 97.4 Å². The Labute approximate surface area is 221 Å². The Balaban J connectivity index is 2.20. The molecule has 3 rings (SSSR count). The molecular formula is C33H45O2P. The zero-order chi connectivity index (χ0) is 26.3. The van der Waals surface area contributed by atoms with Crippen molar-refractivity contribution in [1.82, 2.24) is 0 Å². The van der Waals surface area contributed by atoms with Crippen LogP contribution in [0.3, 0.4) is 0 Å². The number of aliphatic hydroxyl groups excluding tert-OH is 1. The third-order valence-corrected chi connectivity index (χ3v) is 9.30. The van der Waals surface area contributed by atoms with Gasteiger partial charge in [-0.1, -0.05) is 123 Å². The van der Waals surface area contributed by atoms with Gasteiger partial charge in [-0.25, -0.2) is 0 Å². The zero-order valence-electron chi connectivity index (χ0n) is 23.3. The van der Waals surface area contributed by atoms with E-state index in [1.165, 1.54) is 27.6 Å². The molecule has 0 aliphatic carbocycles. The minimum absolute atomic E-state index is 0.0440. The first-order valence-corrected chi connectivity index (χ1v) is 14.5. The Morgan fingerprint density at radius 2 is 1.61 bits per heavy atom. The molecule has 0 aliphatic heterocycles. The van der Waals surface area contributed by atoms with E-state index in [9.17, 15) is 5.11 Å². The van der Waals surface area contributed by atoms with Crippen molar-refractivity contribution in [1.29, 1.82) is 0 Å². The minimum Gasteiger partial charge on any atom is -0.488 e. The van der Waals surface area contributed by atoms with Crippen LogP contribution in [-0.4, -0.2) is 5.11 Å². The lowest BCUT2D eigenvalue weighted by molar-refractivity contribution is 0.200. The molecule has 0 radical (unpaired) electrons. The van der Waals surface area contributed by atoms with Crippen LogP contribution >= 0.6 is 8.58 Å². The number of benzene rings is 3. The fourth-order valence-electron chi connectivity index (χ4n) is 4.92. The van der Waals surface area contributed by atoms with E-state index >= 15 is 0 Å². The molecular weight excluding hydrogens is 459 g/mol. The summed E-state index contributed by atoms with van der Waals surface area (Å²) in [5.41, 5.74) is 6.16. The van der Waals surface area contributed by atoms with Crippen molar-refractivity contribution in [2.75, 3.05) is 0 Å². The summed E-state index contributed by atoms with van der Waals surface area (Å²) in [6.45, 7) is 16.1. The quantitative estimate of drug-likeness (QED) is 0.265. The monoisotopic (exact) mass is 504 g/mol. The molecule has 0 saturated heterocycles. The van der Waals surface area contributed by atoms with Crippen LogP contribution in [0.25, 0.3) is 0 Å². The SMILES string of the molecule is CCCCC(CC)(Pc1ccccc1C(C)O)c1cc(C(C)(C)C)cc(C)c1OCc1ccccc1. The highest BCUT2D eigenvalue weighted by Gasteiger charge is 2.36. The van der Waals surface area contributed by atoms with E-state index in [0.29, 0.717) is 15.2 Å². The van der Waals surface area contributed by atoms with Gasteiger partial charge in [0.25, 0.3) is 0 Å². The van der Waals surface area contributed by atoms with E-state index in [0.717, 1.165) is 37.0 Å². The molecule has 0 aromatic heterocycles. The van der Waals surface area contributed by atoms with Gasteiger partial charge in [0.1, 0.15) is 12.4 Å². The van der Waals surface area contributed by atoms with Crippen LogP contribution < -0.4 is 10.0 Å². The molecule has 3 unspecified atom stereocenters. The molecule has 0 aliphatic rings. The zero-order valence-corrected chi connectivity index (χ0v) is 24.3.